The van der Waals surface area contributed by atoms with Crippen LogP contribution in [0.15, 0.2) is 18.2 Å². The second-order valence-corrected chi connectivity index (χ2v) is 6.92. The molecule has 1 aromatic rings. The number of hydrogen-bond donors (Lipinski definition) is 2. The summed E-state index contributed by atoms with van der Waals surface area (Å²) >= 11 is 0. The molecule has 1 fully saturated rings. The average Bonchev–Trinajstić information content (AvgIpc) is 2.38. The van der Waals surface area contributed by atoms with E-state index >= 15 is 0 Å². The maximum Gasteiger partial charge on any atom is 0.256 e. The summed E-state index contributed by atoms with van der Waals surface area (Å²) in [6.45, 7) is 3.59. The van der Waals surface area contributed by atoms with Crippen LogP contribution < -0.4 is 10.0 Å². The molecule has 1 aromatic carbocycles. The molecular formula is C13H19ClFN3O3S. The Labute approximate surface area is 135 Å². The summed E-state index contributed by atoms with van der Waals surface area (Å²) in [5, 5.41) is 3.20. The van der Waals surface area contributed by atoms with Gasteiger partial charge in [0.25, 0.3) is 5.91 Å². The fourth-order valence-corrected chi connectivity index (χ4v) is 2.85. The van der Waals surface area contributed by atoms with Crippen LogP contribution in [0.2, 0.25) is 0 Å². The van der Waals surface area contributed by atoms with Gasteiger partial charge in [-0.3, -0.25) is 9.52 Å². The summed E-state index contributed by atoms with van der Waals surface area (Å²) in [5.74, 6) is -0.963. The van der Waals surface area contributed by atoms with Crippen molar-refractivity contribution in [2.45, 2.75) is 13.0 Å². The van der Waals surface area contributed by atoms with Gasteiger partial charge in [0.15, 0.2) is 0 Å². The Morgan fingerprint density at radius 3 is 2.73 bits per heavy atom. The first kappa shape index (κ1) is 18.7. The minimum absolute atomic E-state index is 0. The maximum absolute atomic E-state index is 13.4. The van der Waals surface area contributed by atoms with Crippen LogP contribution in [0.25, 0.3) is 0 Å². The highest BCUT2D eigenvalue weighted by atomic mass is 35.5. The Bertz CT molecular complexity index is 654. The minimum atomic E-state index is -3.54. The van der Waals surface area contributed by atoms with Crippen molar-refractivity contribution >= 4 is 34.0 Å². The number of benzene rings is 1. The fourth-order valence-electron chi connectivity index (χ4n) is 2.27. The summed E-state index contributed by atoms with van der Waals surface area (Å²) in [5.41, 5.74) is 0.115. The van der Waals surface area contributed by atoms with E-state index in [-0.39, 0.29) is 35.6 Å². The summed E-state index contributed by atoms with van der Waals surface area (Å²) in [6.07, 6.45) is 0.984. The average molecular weight is 352 g/mol. The molecule has 9 heteroatoms. The molecule has 2 N–H and O–H groups in total. The van der Waals surface area contributed by atoms with Crippen molar-refractivity contribution in [3.63, 3.8) is 0 Å². The normalized spacial score (nSPS) is 18.5. The second kappa shape index (κ2) is 7.26. The predicted octanol–water partition coefficient (Wildman–Crippen LogP) is 1.05. The minimum Gasteiger partial charge on any atom is -0.336 e. The van der Waals surface area contributed by atoms with Crippen LogP contribution in [-0.4, -0.2) is 51.2 Å². The third-order valence-corrected chi connectivity index (χ3v) is 3.75. The van der Waals surface area contributed by atoms with Crippen LogP contribution in [0.1, 0.15) is 17.3 Å². The van der Waals surface area contributed by atoms with Crippen LogP contribution in [0.5, 0.6) is 0 Å². The summed E-state index contributed by atoms with van der Waals surface area (Å²) in [6, 6.07) is 3.57. The molecule has 124 valence electrons. The van der Waals surface area contributed by atoms with Crippen LogP contribution in [0.4, 0.5) is 10.1 Å². The lowest BCUT2D eigenvalue weighted by atomic mass is 10.1. The van der Waals surface area contributed by atoms with Crippen LogP contribution in [-0.2, 0) is 10.0 Å². The number of rotatable bonds is 3. The number of nitrogens with zero attached hydrogens (tertiary/aromatic N) is 1. The number of anilines is 1. The summed E-state index contributed by atoms with van der Waals surface area (Å²) in [7, 11) is -3.54. The number of hydrogen-bond acceptors (Lipinski definition) is 4. The van der Waals surface area contributed by atoms with Crippen molar-refractivity contribution in [1.82, 2.24) is 10.2 Å². The molecule has 0 aromatic heterocycles. The van der Waals surface area contributed by atoms with Crippen molar-refractivity contribution in [2.24, 2.45) is 0 Å². The first-order valence-corrected chi connectivity index (χ1v) is 8.45. The van der Waals surface area contributed by atoms with Crippen LogP contribution >= 0.6 is 12.4 Å². The maximum atomic E-state index is 13.4. The zero-order chi connectivity index (χ0) is 15.6. The molecule has 1 unspecified atom stereocenters. The molecule has 1 aliphatic rings. The van der Waals surface area contributed by atoms with Gasteiger partial charge < -0.3 is 10.2 Å². The smallest absolute Gasteiger partial charge is 0.256 e. The number of sulfonamides is 1. The first-order chi connectivity index (χ1) is 9.76. The molecule has 0 bridgehead atoms. The number of carbonyl (C=O) groups is 1. The van der Waals surface area contributed by atoms with Gasteiger partial charge in [-0.15, -0.1) is 12.4 Å². The van der Waals surface area contributed by atoms with Gasteiger partial charge in [-0.2, -0.15) is 0 Å². The molecule has 0 aliphatic carbocycles. The van der Waals surface area contributed by atoms with Crippen LogP contribution in [0.3, 0.4) is 0 Å². The SMILES string of the molecule is CC1CN(C(=O)c2cc(F)ccc2NS(C)(=O)=O)CCN1.Cl. The fraction of sp³-hybridized carbons (Fsp3) is 0.462. The van der Waals surface area contributed by atoms with E-state index in [1.165, 1.54) is 6.07 Å². The van der Waals surface area contributed by atoms with E-state index in [9.17, 15) is 17.6 Å². The van der Waals surface area contributed by atoms with Gasteiger partial charge in [-0.25, -0.2) is 12.8 Å². The van der Waals surface area contributed by atoms with E-state index < -0.39 is 15.8 Å². The van der Waals surface area contributed by atoms with Crippen molar-refractivity contribution in [3.05, 3.63) is 29.6 Å². The molecule has 1 atom stereocenters. The van der Waals surface area contributed by atoms with E-state index in [2.05, 4.69) is 10.0 Å². The lowest BCUT2D eigenvalue weighted by Gasteiger charge is -2.32. The molecule has 0 saturated carbocycles. The Kier molecular flexibility index (Phi) is 6.16. The number of amides is 1. The van der Waals surface area contributed by atoms with Gasteiger partial charge in [-0.1, -0.05) is 0 Å². The van der Waals surface area contributed by atoms with Crippen molar-refractivity contribution in [1.29, 1.82) is 0 Å². The molecule has 1 amide bonds. The lowest BCUT2D eigenvalue weighted by molar-refractivity contribution is 0.0709. The topological polar surface area (TPSA) is 78.5 Å². The lowest BCUT2D eigenvalue weighted by Crippen LogP contribution is -2.51. The van der Waals surface area contributed by atoms with Crippen molar-refractivity contribution in [2.75, 3.05) is 30.6 Å². The van der Waals surface area contributed by atoms with Crippen molar-refractivity contribution < 1.29 is 17.6 Å². The predicted molar refractivity (Wildman–Crippen MR) is 85.5 cm³/mol. The van der Waals surface area contributed by atoms with Crippen LogP contribution in [0, 0.1) is 5.82 Å². The van der Waals surface area contributed by atoms with Gasteiger partial charge in [-0.05, 0) is 25.1 Å². The number of nitrogens with one attached hydrogen (secondary N) is 2. The number of halogens is 2. The summed E-state index contributed by atoms with van der Waals surface area (Å²) in [4.78, 5) is 14.1. The Balaban J connectivity index is 0.00000242. The Morgan fingerprint density at radius 2 is 2.14 bits per heavy atom. The van der Waals surface area contributed by atoms with Gasteiger partial charge in [0, 0.05) is 25.7 Å². The third-order valence-electron chi connectivity index (χ3n) is 3.16. The molecule has 1 heterocycles. The molecule has 0 radical (unpaired) electrons. The molecular weight excluding hydrogens is 333 g/mol. The van der Waals surface area contributed by atoms with E-state index in [0.717, 1.165) is 18.4 Å². The van der Waals surface area contributed by atoms with Gasteiger partial charge in [0.2, 0.25) is 10.0 Å². The standard InChI is InChI=1S/C13H18FN3O3S.ClH/c1-9-8-17(6-5-15-9)13(18)11-7-10(14)3-4-12(11)16-21(2,19)20;/h3-4,7,9,15-16H,5-6,8H2,1-2H3;1H. The van der Waals surface area contributed by atoms with Gasteiger partial charge >= 0.3 is 0 Å². The van der Waals surface area contributed by atoms with Crippen molar-refractivity contribution in [3.8, 4) is 0 Å². The molecule has 6 nitrogen and oxygen atoms in total. The quantitative estimate of drug-likeness (QED) is 0.853. The molecule has 1 aliphatic heterocycles. The van der Waals surface area contributed by atoms with Gasteiger partial charge in [0.1, 0.15) is 5.82 Å². The van der Waals surface area contributed by atoms with Gasteiger partial charge in [0.05, 0.1) is 17.5 Å². The monoisotopic (exact) mass is 351 g/mol. The molecule has 0 spiro atoms. The Hall–Kier alpha value is -1.38. The van der Waals surface area contributed by atoms with E-state index in [4.69, 9.17) is 0 Å². The third kappa shape index (κ3) is 4.82. The van der Waals surface area contributed by atoms with E-state index in [1.807, 2.05) is 6.92 Å². The molecule has 1 saturated heterocycles. The van der Waals surface area contributed by atoms with E-state index in [0.29, 0.717) is 19.6 Å². The highest BCUT2D eigenvalue weighted by Gasteiger charge is 2.24. The highest BCUT2D eigenvalue weighted by molar-refractivity contribution is 7.92. The zero-order valence-electron chi connectivity index (χ0n) is 12.3. The van der Waals surface area contributed by atoms with E-state index in [1.54, 1.807) is 4.90 Å². The second-order valence-electron chi connectivity index (χ2n) is 5.17. The number of carbonyl (C=O) groups excluding carboxylic acids is 1. The molecule has 22 heavy (non-hydrogen) atoms. The zero-order valence-corrected chi connectivity index (χ0v) is 13.9. The highest BCUT2D eigenvalue weighted by Crippen LogP contribution is 2.21. The number of piperazine rings is 1. The first-order valence-electron chi connectivity index (χ1n) is 6.56. The largest absolute Gasteiger partial charge is 0.336 e. The Morgan fingerprint density at radius 1 is 1.45 bits per heavy atom. The summed E-state index contributed by atoms with van der Waals surface area (Å²) < 4.78 is 38.4. The molecule has 2 rings (SSSR count).